The number of carbonyl (C=O) groups is 3. The maximum atomic E-state index is 12.5. The number of nitrogens with one attached hydrogen (secondary N) is 2. The van der Waals surface area contributed by atoms with E-state index in [-0.39, 0.29) is 18.2 Å². The maximum absolute atomic E-state index is 12.5. The summed E-state index contributed by atoms with van der Waals surface area (Å²) in [6.07, 6.45) is -0.0267. The number of hydrazine groups is 1. The second-order valence-electron chi connectivity index (χ2n) is 5.72. The Balaban J connectivity index is 1.64. The number of rotatable bonds is 6. The first kappa shape index (κ1) is 17.6. The lowest BCUT2D eigenvalue weighted by Crippen LogP contribution is -2.48. The Labute approximate surface area is 150 Å². The maximum Gasteiger partial charge on any atom is 0.265 e. The Morgan fingerprint density at radius 2 is 1.81 bits per heavy atom. The van der Waals surface area contributed by atoms with Gasteiger partial charge in [-0.1, -0.05) is 18.2 Å². The second kappa shape index (κ2) is 7.79. The van der Waals surface area contributed by atoms with Gasteiger partial charge in [-0.05, 0) is 43.3 Å². The van der Waals surface area contributed by atoms with Crippen LogP contribution in [-0.2, 0) is 9.59 Å². The molecule has 3 rings (SSSR count). The molecule has 1 unspecified atom stereocenters. The van der Waals surface area contributed by atoms with Crippen molar-refractivity contribution in [3.8, 4) is 5.75 Å². The van der Waals surface area contributed by atoms with E-state index in [2.05, 4.69) is 10.9 Å². The van der Waals surface area contributed by atoms with Crippen molar-refractivity contribution in [3.05, 3.63) is 60.2 Å². The SMILES string of the molecule is CCOc1ccc(N2C(=O)CC(NNC(=O)c3ccccc3)C2=O)cc1. The number of amides is 3. The number of hydrogen-bond acceptors (Lipinski definition) is 5. The monoisotopic (exact) mass is 353 g/mol. The smallest absolute Gasteiger partial charge is 0.265 e. The van der Waals surface area contributed by atoms with E-state index in [9.17, 15) is 14.4 Å². The minimum absolute atomic E-state index is 0.0267. The molecule has 0 radical (unpaired) electrons. The molecule has 7 nitrogen and oxygen atoms in total. The van der Waals surface area contributed by atoms with E-state index in [1.165, 1.54) is 0 Å². The van der Waals surface area contributed by atoms with Gasteiger partial charge in [-0.3, -0.25) is 19.8 Å². The van der Waals surface area contributed by atoms with Crippen molar-refractivity contribution in [1.29, 1.82) is 0 Å². The average Bonchev–Trinajstić information content (AvgIpc) is 2.95. The summed E-state index contributed by atoms with van der Waals surface area (Å²) in [6.45, 7) is 2.41. The fourth-order valence-corrected chi connectivity index (χ4v) is 2.69. The van der Waals surface area contributed by atoms with Crippen LogP contribution in [0.4, 0.5) is 5.69 Å². The van der Waals surface area contributed by atoms with Gasteiger partial charge in [0.1, 0.15) is 11.8 Å². The van der Waals surface area contributed by atoms with Gasteiger partial charge >= 0.3 is 0 Å². The van der Waals surface area contributed by atoms with Gasteiger partial charge in [-0.2, -0.15) is 0 Å². The van der Waals surface area contributed by atoms with Crippen molar-refractivity contribution in [1.82, 2.24) is 10.9 Å². The average molecular weight is 353 g/mol. The largest absolute Gasteiger partial charge is 0.494 e. The van der Waals surface area contributed by atoms with Gasteiger partial charge in [0.05, 0.1) is 18.7 Å². The van der Waals surface area contributed by atoms with E-state index in [0.717, 1.165) is 4.90 Å². The van der Waals surface area contributed by atoms with Crippen molar-refractivity contribution in [3.63, 3.8) is 0 Å². The van der Waals surface area contributed by atoms with Gasteiger partial charge in [0.2, 0.25) is 5.91 Å². The van der Waals surface area contributed by atoms with Gasteiger partial charge in [-0.15, -0.1) is 0 Å². The van der Waals surface area contributed by atoms with Crippen molar-refractivity contribution in [2.75, 3.05) is 11.5 Å². The van der Waals surface area contributed by atoms with Gasteiger partial charge in [0, 0.05) is 5.56 Å². The molecule has 0 bridgehead atoms. The van der Waals surface area contributed by atoms with Crippen molar-refractivity contribution in [2.24, 2.45) is 0 Å². The molecule has 0 spiro atoms. The van der Waals surface area contributed by atoms with Crippen LogP contribution in [0.15, 0.2) is 54.6 Å². The standard InChI is InChI=1S/C19H19N3O4/c1-2-26-15-10-8-14(9-11-15)22-17(23)12-16(19(22)25)20-21-18(24)13-6-4-3-5-7-13/h3-11,16,20H,2,12H2,1H3,(H,21,24). The molecule has 2 N–H and O–H groups in total. The molecular weight excluding hydrogens is 334 g/mol. The third kappa shape index (κ3) is 3.73. The van der Waals surface area contributed by atoms with E-state index >= 15 is 0 Å². The zero-order valence-electron chi connectivity index (χ0n) is 14.3. The lowest BCUT2D eigenvalue weighted by molar-refractivity contribution is -0.121. The third-order valence-corrected chi connectivity index (χ3v) is 3.95. The normalized spacial score (nSPS) is 16.7. The summed E-state index contributed by atoms with van der Waals surface area (Å²) in [5, 5.41) is 0. The van der Waals surface area contributed by atoms with Crippen LogP contribution in [0, 0.1) is 0 Å². The highest BCUT2D eigenvalue weighted by molar-refractivity contribution is 6.22. The fourth-order valence-electron chi connectivity index (χ4n) is 2.69. The highest BCUT2D eigenvalue weighted by Crippen LogP contribution is 2.25. The van der Waals surface area contributed by atoms with Crippen LogP contribution >= 0.6 is 0 Å². The van der Waals surface area contributed by atoms with Gasteiger partial charge < -0.3 is 4.74 Å². The molecule has 3 amide bonds. The number of imide groups is 1. The summed E-state index contributed by atoms with van der Waals surface area (Å²) in [5.41, 5.74) is 6.07. The molecule has 2 aromatic rings. The van der Waals surface area contributed by atoms with Gasteiger partial charge in [0.15, 0.2) is 0 Å². The van der Waals surface area contributed by atoms with E-state index in [0.29, 0.717) is 23.6 Å². The molecule has 0 aliphatic carbocycles. The molecular formula is C19H19N3O4. The Morgan fingerprint density at radius 3 is 2.46 bits per heavy atom. The van der Waals surface area contributed by atoms with E-state index in [4.69, 9.17) is 4.74 Å². The van der Waals surface area contributed by atoms with Gasteiger partial charge in [-0.25, -0.2) is 10.3 Å². The number of anilines is 1. The Bertz CT molecular complexity index is 805. The molecule has 0 aromatic heterocycles. The minimum Gasteiger partial charge on any atom is -0.494 e. The van der Waals surface area contributed by atoms with Crippen molar-refractivity contribution < 1.29 is 19.1 Å². The third-order valence-electron chi connectivity index (χ3n) is 3.95. The van der Waals surface area contributed by atoms with Crippen LogP contribution in [0.25, 0.3) is 0 Å². The van der Waals surface area contributed by atoms with E-state index < -0.39 is 11.9 Å². The second-order valence-corrected chi connectivity index (χ2v) is 5.72. The lowest BCUT2D eigenvalue weighted by atomic mass is 10.2. The molecule has 7 heteroatoms. The molecule has 2 aromatic carbocycles. The number of nitrogens with zero attached hydrogens (tertiary/aromatic N) is 1. The molecule has 1 fully saturated rings. The predicted octanol–water partition coefficient (Wildman–Crippen LogP) is 1.65. The Hall–Kier alpha value is -3.19. The highest BCUT2D eigenvalue weighted by atomic mass is 16.5. The van der Waals surface area contributed by atoms with E-state index in [1.807, 2.05) is 6.92 Å². The molecule has 26 heavy (non-hydrogen) atoms. The Morgan fingerprint density at radius 1 is 1.12 bits per heavy atom. The Kier molecular flexibility index (Phi) is 5.28. The van der Waals surface area contributed by atoms with Crippen LogP contribution in [0.5, 0.6) is 5.75 Å². The fraction of sp³-hybridized carbons (Fsp3) is 0.211. The molecule has 1 aliphatic heterocycles. The number of carbonyl (C=O) groups excluding carboxylic acids is 3. The number of benzene rings is 2. The summed E-state index contributed by atoms with van der Waals surface area (Å²) in [5.74, 6) is -0.441. The van der Waals surface area contributed by atoms with Gasteiger partial charge in [0.25, 0.3) is 11.8 Å². The summed E-state index contributed by atoms with van der Waals surface area (Å²) < 4.78 is 5.36. The van der Waals surface area contributed by atoms with Crippen molar-refractivity contribution in [2.45, 2.75) is 19.4 Å². The molecule has 1 heterocycles. The summed E-state index contributed by atoms with van der Waals surface area (Å²) in [4.78, 5) is 37.9. The minimum atomic E-state index is -0.804. The number of hydrogen-bond donors (Lipinski definition) is 2. The zero-order valence-corrected chi connectivity index (χ0v) is 14.3. The van der Waals surface area contributed by atoms with Crippen LogP contribution in [-0.4, -0.2) is 30.4 Å². The first-order chi connectivity index (χ1) is 12.6. The highest BCUT2D eigenvalue weighted by Gasteiger charge is 2.39. The van der Waals surface area contributed by atoms with Crippen LogP contribution < -0.4 is 20.5 Å². The molecule has 134 valence electrons. The first-order valence-corrected chi connectivity index (χ1v) is 8.30. The molecule has 1 aliphatic rings. The van der Waals surface area contributed by atoms with Crippen LogP contribution in [0.2, 0.25) is 0 Å². The zero-order chi connectivity index (χ0) is 18.5. The molecule has 0 saturated carbocycles. The summed E-state index contributed by atoms with van der Waals surface area (Å²) in [7, 11) is 0. The molecule has 1 saturated heterocycles. The van der Waals surface area contributed by atoms with E-state index in [1.54, 1.807) is 54.6 Å². The van der Waals surface area contributed by atoms with Crippen molar-refractivity contribution >= 4 is 23.4 Å². The molecule has 1 atom stereocenters. The summed E-state index contributed by atoms with van der Waals surface area (Å²) in [6, 6.07) is 14.5. The summed E-state index contributed by atoms with van der Waals surface area (Å²) >= 11 is 0. The number of ether oxygens (including phenoxy) is 1. The van der Waals surface area contributed by atoms with Crippen LogP contribution in [0.3, 0.4) is 0 Å². The van der Waals surface area contributed by atoms with Crippen LogP contribution in [0.1, 0.15) is 23.7 Å². The lowest BCUT2D eigenvalue weighted by Gasteiger charge is -2.16. The topological polar surface area (TPSA) is 87.7 Å². The predicted molar refractivity (Wildman–Crippen MR) is 95.6 cm³/mol. The quantitative estimate of drug-likeness (QED) is 0.609. The first-order valence-electron chi connectivity index (χ1n) is 8.30.